The summed E-state index contributed by atoms with van der Waals surface area (Å²) in [4.78, 5) is 4.46. The largest absolute Gasteiger partial charge is 0.384 e. The minimum atomic E-state index is -3.56. The maximum atomic E-state index is 12.5. The molecule has 0 radical (unpaired) electrons. The number of aromatic nitrogens is 1. The van der Waals surface area contributed by atoms with E-state index < -0.39 is 10.0 Å². The number of halogens is 1. The Bertz CT molecular complexity index is 736. The second kappa shape index (κ2) is 8.29. The van der Waals surface area contributed by atoms with E-state index in [0.717, 1.165) is 11.4 Å². The number of benzene rings is 1. The molecule has 23 heavy (non-hydrogen) atoms. The van der Waals surface area contributed by atoms with E-state index in [1.54, 1.807) is 25.3 Å². The summed E-state index contributed by atoms with van der Waals surface area (Å²) in [5, 5.41) is 3.08. The molecule has 1 aromatic heterocycles. The Morgan fingerprint density at radius 1 is 1.17 bits per heavy atom. The molecule has 2 N–H and O–H groups in total. The van der Waals surface area contributed by atoms with Gasteiger partial charge < -0.3 is 5.32 Å². The summed E-state index contributed by atoms with van der Waals surface area (Å²) in [6.45, 7) is 2.66. The molecule has 0 aliphatic rings. The van der Waals surface area contributed by atoms with Crippen molar-refractivity contribution in [1.29, 1.82) is 0 Å². The molecule has 0 saturated heterocycles. The van der Waals surface area contributed by atoms with Crippen LogP contribution in [0.3, 0.4) is 0 Å². The van der Waals surface area contributed by atoms with Crippen LogP contribution in [0.4, 0.5) is 5.69 Å². The molecule has 1 aromatic carbocycles. The third-order valence-corrected chi connectivity index (χ3v) is 5.09. The highest BCUT2D eigenvalue weighted by Gasteiger charge is 2.17. The van der Waals surface area contributed by atoms with Gasteiger partial charge in [-0.3, -0.25) is 4.98 Å². The molecular weight excluding hydrogens is 334 g/mol. The summed E-state index contributed by atoms with van der Waals surface area (Å²) >= 11 is 5.64. The Morgan fingerprint density at radius 2 is 2.00 bits per heavy atom. The SMILES string of the molecule is Cc1ccc(NCCCl)cc1S(=O)(=O)NCCc1ccccn1. The van der Waals surface area contributed by atoms with Gasteiger partial charge in [-0.2, -0.15) is 0 Å². The van der Waals surface area contributed by atoms with Crippen LogP contribution in [0.5, 0.6) is 0 Å². The number of pyridine rings is 1. The summed E-state index contributed by atoms with van der Waals surface area (Å²) in [7, 11) is -3.56. The third-order valence-electron chi connectivity index (χ3n) is 3.30. The van der Waals surface area contributed by atoms with E-state index in [9.17, 15) is 8.42 Å². The van der Waals surface area contributed by atoms with Crippen LogP contribution < -0.4 is 10.0 Å². The molecule has 0 fully saturated rings. The van der Waals surface area contributed by atoms with Gasteiger partial charge in [-0.05, 0) is 36.8 Å². The predicted octanol–water partition coefficient (Wildman–Crippen LogP) is 2.56. The minimum Gasteiger partial charge on any atom is -0.384 e. The second-order valence-electron chi connectivity index (χ2n) is 5.06. The van der Waals surface area contributed by atoms with Crippen LogP contribution in [-0.2, 0) is 16.4 Å². The fourth-order valence-electron chi connectivity index (χ4n) is 2.13. The molecule has 0 bridgehead atoms. The number of nitrogens with zero attached hydrogens (tertiary/aromatic N) is 1. The fraction of sp³-hybridized carbons (Fsp3) is 0.312. The van der Waals surface area contributed by atoms with Gasteiger partial charge in [0.25, 0.3) is 0 Å². The van der Waals surface area contributed by atoms with E-state index >= 15 is 0 Å². The van der Waals surface area contributed by atoms with Gasteiger partial charge in [0, 0.05) is 43.0 Å². The number of hydrogen-bond acceptors (Lipinski definition) is 4. The maximum absolute atomic E-state index is 12.5. The molecule has 0 aliphatic heterocycles. The van der Waals surface area contributed by atoms with Crippen LogP contribution in [0.2, 0.25) is 0 Å². The van der Waals surface area contributed by atoms with E-state index in [-0.39, 0.29) is 4.90 Å². The highest BCUT2D eigenvalue weighted by Crippen LogP contribution is 2.20. The van der Waals surface area contributed by atoms with Gasteiger partial charge in [-0.25, -0.2) is 13.1 Å². The average molecular weight is 354 g/mol. The molecule has 2 aromatic rings. The van der Waals surface area contributed by atoms with Crippen LogP contribution in [0.15, 0.2) is 47.5 Å². The van der Waals surface area contributed by atoms with Crippen molar-refractivity contribution in [2.75, 3.05) is 24.3 Å². The first kappa shape index (κ1) is 17.7. The topological polar surface area (TPSA) is 71.1 Å². The third kappa shape index (κ3) is 5.20. The predicted molar refractivity (Wildman–Crippen MR) is 93.5 cm³/mol. The molecule has 0 saturated carbocycles. The van der Waals surface area contributed by atoms with Gasteiger partial charge in [-0.1, -0.05) is 12.1 Å². The van der Waals surface area contributed by atoms with Crippen molar-refractivity contribution in [3.05, 3.63) is 53.9 Å². The van der Waals surface area contributed by atoms with E-state index in [1.165, 1.54) is 0 Å². The molecule has 124 valence electrons. The van der Waals surface area contributed by atoms with E-state index in [1.807, 2.05) is 24.3 Å². The number of nitrogens with one attached hydrogen (secondary N) is 2. The number of sulfonamides is 1. The van der Waals surface area contributed by atoms with Crippen LogP contribution in [0.25, 0.3) is 0 Å². The Labute approximate surface area is 142 Å². The quantitative estimate of drug-likeness (QED) is 0.715. The normalized spacial score (nSPS) is 11.4. The summed E-state index contributed by atoms with van der Waals surface area (Å²) in [5.41, 5.74) is 2.29. The van der Waals surface area contributed by atoms with Gasteiger partial charge in [0.2, 0.25) is 10.0 Å². The highest BCUT2D eigenvalue weighted by atomic mass is 35.5. The molecule has 0 spiro atoms. The average Bonchev–Trinajstić information content (AvgIpc) is 2.55. The Morgan fingerprint density at radius 3 is 2.70 bits per heavy atom. The smallest absolute Gasteiger partial charge is 0.240 e. The lowest BCUT2D eigenvalue weighted by molar-refractivity contribution is 0.580. The lowest BCUT2D eigenvalue weighted by Crippen LogP contribution is -2.27. The highest BCUT2D eigenvalue weighted by molar-refractivity contribution is 7.89. The van der Waals surface area contributed by atoms with Crippen molar-refractivity contribution >= 4 is 27.3 Å². The maximum Gasteiger partial charge on any atom is 0.240 e. The van der Waals surface area contributed by atoms with Crippen molar-refractivity contribution in [1.82, 2.24) is 9.71 Å². The van der Waals surface area contributed by atoms with Crippen LogP contribution in [0, 0.1) is 6.92 Å². The molecule has 0 aliphatic carbocycles. The zero-order chi connectivity index (χ0) is 16.7. The molecular formula is C16H20ClN3O2S. The summed E-state index contributed by atoms with van der Waals surface area (Å²) < 4.78 is 27.6. The molecule has 0 amide bonds. The van der Waals surface area contributed by atoms with Gasteiger partial charge in [0.1, 0.15) is 0 Å². The van der Waals surface area contributed by atoms with E-state index in [0.29, 0.717) is 31.0 Å². The molecule has 2 rings (SSSR count). The number of aryl methyl sites for hydroxylation is 1. The van der Waals surface area contributed by atoms with E-state index in [2.05, 4.69) is 15.0 Å². The fourth-order valence-corrected chi connectivity index (χ4v) is 3.52. The molecule has 1 heterocycles. The minimum absolute atomic E-state index is 0.276. The van der Waals surface area contributed by atoms with Crippen molar-refractivity contribution in [3.8, 4) is 0 Å². The van der Waals surface area contributed by atoms with Gasteiger partial charge in [0.05, 0.1) is 4.90 Å². The summed E-state index contributed by atoms with van der Waals surface area (Å²) in [6, 6.07) is 10.8. The molecule has 7 heteroatoms. The first-order valence-electron chi connectivity index (χ1n) is 7.33. The van der Waals surface area contributed by atoms with Crippen LogP contribution in [-0.4, -0.2) is 32.4 Å². The van der Waals surface area contributed by atoms with Crippen molar-refractivity contribution in [3.63, 3.8) is 0 Å². The van der Waals surface area contributed by atoms with Crippen molar-refractivity contribution < 1.29 is 8.42 Å². The summed E-state index contributed by atoms with van der Waals surface area (Å²) in [5.74, 6) is 0.457. The van der Waals surface area contributed by atoms with Crippen molar-refractivity contribution in [2.45, 2.75) is 18.2 Å². The first-order chi connectivity index (χ1) is 11.0. The van der Waals surface area contributed by atoms with Crippen molar-refractivity contribution in [2.24, 2.45) is 0 Å². The lowest BCUT2D eigenvalue weighted by Gasteiger charge is -2.12. The van der Waals surface area contributed by atoms with Crippen LogP contribution in [0.1, 0.15) is 11.3 Å². The van der Waals surface area contributed by atoms with Crippen LogP contribution >= 0.6 is 11.6 Å². The first-order valence-corrected chi connectivity index (χ1v) is 9.35. The number of hydrogen-bond donors (Lipinski definition) is 2. The summed E-state index contributed by atoms with van der Waals surface area (Å²) in [6.07, 6.45) is 2.24. The molecule has 0 unspecified atom stereocenters. The number of anilines is 1. The molecule has 5 nitrogen and oxygen atoms in total. The second-order valence-corrected chi connectivity index (χ2v) is 7.18. The van der Waals surface area contributed by atoms with Gasteiger partial charge in [-0.15, -0.1) is 11.6 Å². The standard InChI is InChI=1S/C16H20ClN3O2S/c1-13-5-6-15(19-11-8-17)12-16(13)23(21,22)20-10-7-14-4-2-3-9-18-14/h2-6,9,12,19-20H,7-8,10-11H2,1H3. The Kier molecular flexibility index (Phi) is 6.38. The zero-order valence-electron chi connectivity index (χ0n) is 12.9. The van der Waals surface area contributed by atoms with E-state index in [4.69, 9.17) is 11.6 Å². The van der Waals surface area contributed by atoms with Gasteiger partial charge >= 0.3 is 0 Å². The zero-order valence-corrected chi connectivity index (χ0v) is 14.5. The monoisotopic (exact) mass is 353 g/mol. The molecule has 0 atom stereocenters. The number of alkyl halides is 1. The Hall–Kier alpha value is -1.63. The lowest BCUT2D eigenvalue weighted by atomic mass is 10.2. The number of rotatable bonds is 8. The Balaban J connectivity index is 2.06. The van der Waals surface area contributed by atoms with Gasteiger partial charge in [0.15, 0.2) is 0 Å².